The normalized spacial score (nSPS) is 12.4. The third-order valence-electron chi connectivity index (χ3n) is 2.28. The zero-order chi connectivity index (χ0) is 11.8. The summed E-state index contributed by atoms with van der Waals surface area (Å²) in [5, 5.41) is 0. The smallest absolute Gasteiger partial charge is 0.137 e. The molecule has 90 valence electrons. The Morgan fingerprint density at radius 2 is 2.12 bits per heavy atom. The monoisotopic (exact) mass is 224 g/mol. The van der Waals surface area contributed by atoms with Crippen LogP contribution in [0.15, 0.2) is 18.3 Å². The molecule has 1 aromatic heterocycles. The molecule has 4 nitrogen and oxygen atoms in total. The summed E-state index contributed by atoms with van der Waals surface area (Å²) in [5.74, 6) is 0.756. The lowest BCUT2D eigenvalue weighted by Gasteiger charge is -2.09. The first kappa shape index (κ1) is 12.9. The number of hydrogen-bond donors (Lipinski definition) is 1. The first-order valence-electron chi connectivity index (χ1n) is 5.70. The van der Waals surface area contributed by atoms with Crippen molar-refractivity contribution in [1.29, 1.82) is 0 Å². The molecule has 0 amide bonds. The van der Waals surface area contributed by atoms with Crippen molar-refractivity contribution in [3.05, 3.63) is 24.0 Å². The van der Waals surface area contributed by atoms with Crippen LogP contribution in [0, 0.1) is 0 Å². The molecule has 0 spiro atoms. The van der Waals surface area contributed by atoms with Crippen LogP contribution in [0.3, 0.4) is 0 Å². The van der Waals surface area contributed by atoms with Gasteiger partial charge in [-0.2, -0.15) is 0 Å². The van der Waals surface area contributed by atoms with Crippen molar-refractivity contribution in [2.24, 2.45) is 5.73 Å². The topological polar surface area (TPSA) is 57.4 Å². The van der Waals surface area contributed by atoms with E-state index in [2.05, 4.69) is 4.98 Å². The summed E-state index contributed by atoms with van der Waals surface area (Å²) in [6.07, 6.45) is 2.59. The summed E-state index contributed by atoms with van der Waals surface area (Å²) in [7, 11) is 0. The van der Waals surface area contributed by atoms with Crippen molar-refractivity contribution in [2.75, 3.05) is 19.8 Å². The Labute approximate surface area is 96.8 Å². The zero-order valence-corrected chi connectivity index (χ0v) is 9.98. The fourth-order valence-electron chi connectivity index (χ4n) is 1.27. The van der Waals surface area contributed by atoms with E-state index in [4.69, 9.17) is 15.2 Å². The largest absolute Gasteiger partial charge is 0.490 e. The molecule has 0 aliphatic carbocycles. The standard InChI is InChI=1S/C12H20N2O2/c1-3-11(13)12-6-5-10(9-14-12)16-8-7-15-4-2/h5-6,9,11H,3-4,7-8,13H2,1-2H3/t11-/m1/s1. The Bertz CT molecular complexity index is 288. The Morgan fingerprint density at radius 1 is 1.31 bits per heavy atom. The predicted molar refractivity (Wildman–Crippen MR) is 63.4 cm³/mol. The molecule has 4 heteroatoms. The lowest BCUT2D eigenvalue weighted by molar-refractivity contribution is 0.110. The van der Waals surface area contributed by atoms with Gasteiger partial charge in [-0.15, -0.1) is 0 Å². The number of rotatable bonds is 7. The SMILES string of the molecule is CCOCCOc1ccc([C@H](N)CC)nc1. The number of aromatic nitrogens is 1. The minimum atomic E-state index is 0.0116. The summed E-state index contributed by atoms with van der Waals surface area (Å²) in [5.41, 5.74) is 6.76. The van der Waals surface area contributed by atoms with Crippen molar-refractivity contribution in [3.8, 4) is 5.75 Å². The third-order valence-corrected chi connectivity index (χ3v) is 2.28. The number of ether oxygens (including phenoxy) is 2. The van der Waals surface area contributed by atoms with Gasteiger partial charge in [-0.05, 0) is 25.5 Å². The van der Waals surface area contributed by atoms with Gasteiger partial charge in [-0.1, -0.05) is 6.92 Å². The Balaban J connectivity index is 2.39. The van der Waals surface area contributed by atoms with E-state index in [-0.39, 0.29) is 6.04 Å². The van der Waals surface area contributed by atoms with Gasteiger partial charge < -0.3 is 15.2 Å². The highest BCUT2D eigenvalue weighted by molar-refractivity contribution is 5.21. The van der Waals surface area contributed by atoms with Crippen molar-refractivity contribution in [1.82, 2.24) is 4.98 Å². The Morgan fingerprint density at radius 3 is 2.69 bits per heavy atom. The highest BCUT2D eigenvalue weighted by Gasteiger charge is 2.04. The maximum Gasteiger partial charge on any atom is 0.137 e. The maximum absolute atomic E-state index is 5.86. The molecule has 0 fully saturated rings. The minimum Gasteiger partial charge on any atom is -0.490 e. The summed E-state index contributed by atoms with van der Waals surface area (Å²) in [4.78, 5) is 4.26. The fourth-order valence-corrected chi connectivity index (χ4v) is 1.27. The average Bonchev–Trinajstić information content (AvgIpc) is 2.34. The van der Waals surface area contributed by atoms with E-state index in [1.54, 1.807) is 6.20 Å². The van der Waals surface area contributed by atoms with E-state index in [0.717, 1.165) is 17.9 Å². The molecule has 0 saturated carbocycles. The molecule has 0 aliphatic heterocycles. The van der Waals surface area contributed by atoms with Gasteiger partial charge in [-0.25, -0.2) is 0 Å². The summed E-state index contributed by atoms with van der Waals surface area (Å²) >= 11 is 0. The zero-order valence-electron chi connectivity index (χ0n) is 9.98. The van der Waals surface area contributed by atoms with Gasteiger partial charge in [0, 0.05) is 12.6 Å². The molecule has 0 bridgehead atoms. The quantitative estimate of drug-likeness (QED) is 0.719. The van der Waals surface area contributed by atoms with E-state index >= 15 is 0 Å². The summed E-state index contributed by atoms with van der Waals surface area (Å²) in [6, 6.07) is 3.81. The molecule has 1 rings (SSSR count). The fraction of sp³-hybridized carbons (Fsp3) is 0.583. The van der Waals surface area contributed by atoms with Gasteiger partial charge in [0.1, 0.15) is 12.4 Å². The van der Waals surface area contributed by atoms with Gasteiger partial charge in [0.25, 0.3) is 0 Å². The number of pyridine rings is 1. The minimum absolute atomic E-state index is 0.0116. The Hall–Kier alpha value is -1.13. The van der Waals surface area contributed by atoms with E-state index < -0.39 is 0 Å². The molecular weight excluding hydrogens is 204 g/mol. The van der Waals surface area contributed by atoms with Gasteiger partial charge in [0.05, 0.1) is 18.5 Å². The van der Waals surface area contributed by atoms with Crippen molar-refractivity contribution in [2.45, 2.75) is 26.3 Å². The van der Waals surface area contributed by atoms with Crippen LogP contribution in [0.1, 0.15) is 32.0 Å². The van der Waals surface area contributed by atoms with Crippen molar-refractivity contribution in [3.63, 3.8) is 0 Å². The molecular formula is C12H20N2O2. The molecule has 0 aliphatic rings. The van der Waals surface area contributed by atoms with E-state index in [1.165, 1.54) is 0 Å². The van der Waals surface area contributed by atoms with E-state index in [9.17, 15) is 0 Å². The first-order chi connectivity index (χ1) is 7.77. The lowest BCUT2D eigenvalue weighted by atomic mass is 10.1. The number of nitrogens with zero attached hydrogens (tertiary/aromatic N) is 1. The van der Waals surface area contributed by atoms with E-state index in [1.807, 2.05) is 26.0 Å². The highest BCUT2D eigenvalue weighted by atomic mass is 16.5. The van der Waals surface area contributed by atoms with Crippen LogP contribution < -0.4 is 10.5 Å². The van der Waals surface area contributed by atoms with Crippen LogP contribution in [0.25, 0.3) is 0 Å². The molecule has 2 N–H and O–H groups in total. The molecule has 0 aromatic carbocycles. The molecule has 1 heterocycles. The van der Waals surface area contributed by atoms with Crippen LogP contribution in [0.4, 0.5) is 0 Å². The van der Waals surface area contributed by atoms with Gasteiger partial charge in [-0.3, -0.25) is 4.98 Å². The van der Waals surface area contributed by atoms with Gasteiger partial charge >= 0.3 is 0 Å². The highest BCUT2D eigenvalue weighted by Crippen LogP contribution is 2.14. The first-order valence-corrected chi connectivity index (χ1v) is 5.70. The van der Waals surface area contributed by atoms with Crippen LogP contribution in [0.5, 0.6) is 5.75 Å². The molecule has 16 heavy (non-hydrogen) atoms. The lowest BCUT2D eigenvalue weighted by Crippen LogP contribution is -2.11. The third kappa shape index (κ3) is 4.16. The molecule has 1 aromatic rings. The van der Waals surface area contributed by atoms with Crippen LogP contribution >= 0.6 is 0 Å². The van der Waals surface area contributed by atoms with Gasteiger partial charge in [0.2, 0.25) is 0 Å². The second-order valence-electron chi connectivity index (χ2n) is 3.48. The molecule has 1 atom stereocenters. The second kappa shape index (κ2) is 7.19. The van der Waals surface area contributed by atoms with Gasteiger partial charge in [0.15, 0.2) is 0 Å². The molecule has 0 saturated heterocycles. The van der Waals surface area contributed by atoms with E-state index in [0.29, 0.717) is 19.8 Å². The van der Waals surface area contributed by atoms with Crippen LogP contribution in [-0.2, 0) is 4.74 Å². The van der Waals surface area contributed by atoms with Crippen LogP contribution in [-0.4, -0.2) is 24.8 Å². The predicted octanol–water partition coefficient (Wildman–Crippen LogP) is 1.91. The average molecular weight is 224 g/mol. The maximum atomic E-state index is 5.86. The molecule has 0 unspecified atom stereocenters. The van der Waals surface area contributed by atoms with Crippen molar-refractivity contribution >= 4 is 0 Å². The summed E-state index contributed by atoms with van der Waals surface area (Å²) < 4.78 is 10.6. The van der Waals surface area contributed by atoms with Crippen LogP contribution in [0.2, 0.25) is 0 Å². The van der Waals surface area contributed by atoms with Crippen molar-refractivity contribution < 1.29 is 9.47 Å². The number of hydrogen-bond acceptors (Lipinski definition) is 4. The summed E-state index contributed by atoms with van der Waals surface area (Å²) in [6.45, 7) is 5.87. The second-order valence-corrected chi connectivity index (χ2v) is 3.48. The Kier molecular flexibility index (Phi) is 5.82. The number of nitrogens with two attached hydrogens (primary N) is 1. The molecule has 0 radical (unpaired) electrons.